The van der Waals surface area contributed by atoms with Gasteiger partial charge in [-0.25, -0.2) is 0 Å². The first kappa shape index (κ1) is 15.8. The van der Waals surface area contributed by atoms with Gasteiger partial charge in [0.2, 0.25) is 11.8 Å². The number of fused-ring (bicyclic) bond motifs is 1. The fourth-order valence-corrected chi connectivity index (χ4v) is 2.83. The van der Waals surface area contributed by atoms with E-state index in [1.54, 1.807) is 24.3 Å². The predicted molar refractivity (Wildman–Crippen MR) is 89.2 cm³/mol. The van der Waals surface area contributed by atoms with Crippen LogP contribution in [0, 0.1) is 16.1 Å². The van der Waals surface area contributed by atoms with Crippen molar-refractivity contribution in [3.63, 3.8) is 0 Å². The Hall–Kier alpha value is -3.05. The average molecular weight is 342 g/mol. The van der Waals surface area contributed by atoms with Gasteiger partial charge in [-0.3, -0.25) is 9.78 Å². The second kappa shape index (κ2) is 6.22. The Balaban J connectivity index is 2.20. The molecule has 0 fully saturated rings. The zero-order valence-electron chi connectivity index (χ0n) is 12.8. The molecule has 1 aliphatic heterocycles. The molecule has 0 unspecified atom stereocenters. The summed E-state index contributed by atoms with van der Waals surface area (Å²) >= 11 is 4.95. The number of rotatable bonds is 3. The maximum Gasteiger partial charge on any atom is 0.259 e. The molecular formula is C16H14N4O3S. The maximum atomic E-state index is 12.4. The second-order valence-electron chi connectivity index (χ2n) is 5.08. The minimum absolute atomic E-state index is 0.0554. The van der Waals surface area contributed by atoms with E-state index in [1.165, 1.54) is 0 Å². The number of benzene rings is 1. The van der Waals surface area contributed by atoms with Crippen molar-refractivity contribution in [3.8, 4) is 17.7 Å². The Kier molecular flexibility index (Phi) is 4.10. The van der Waals surface area contributed by atoms with Crippen molar-refractivity contribution in [2.24, 2.45) is 5.73 Å². The fourth-order valence-electron chi connectivity index (χ4n) is 2.65. The molecule has 0 bridgehead atoms. The van der Waals surface area contributed by atoms with E-state index in [4.69, 9.17) is 27.4 Å². The number of nitrogens with zero attached hydrogens (tertiary/aromatic N) is 1. The highest BCUT2D eigenvalue weighted by Gasteiger charge is 2.33. The van der Waals surface area contributed by atoms with E-state index in [-0.39, 0.29) is 27.7 Å². The molecule has 0 aliphatic carbocycles. The van der Waals surface area contributed by atoms with Crippen molar-refractivity contribution < 1.29 is 9.47 Å². The minimum Gasteiger partial charge on any atom is -0.494 e. The van der Waals surface area contributed by atoms with E-state index in [0.717, 1.165) is 5.56 Å². The van der Waals surface area contributed by atoms with Gasteiger partial charge in [0.25, 0.3) is 5.56 Å². The zero-order chi connectivity index (χ0) is 17.3. The molecule has 8 heteroatoms. The molecule has 0 saturated heterocycles. The van der Waals surface area contributed by atoms with Crippen LogP contribution in [0.3, 0.4) is 0 Å². The molecule has 7 nitrogen and oxygen atoms in total. The number of hydrogen-bond donors (Lipinski definition) is 3. The van der Waals surface area contributed by atoms with Gasteiger partial charge in [-0.15, -0.1) is 0 Å². The van der Waals surface area contributed by atoms with Crippen LogP contribution in [-0.4, -0.2) is 16.6 Å². The number of ether oxygens (including phenoxy) is 2. The van der Waals surface area contributed by atoms with Gasteiger partial charge in [0.1, 0.15) is 17.4 Å². The summed E-state index contributed by atoms with van der Waals surface area (Å²) < 4.78 is 10.9. The number of nitrogens with two attached hydrogens (primary N) is 1. The Morgan fingerprint density at radius 1 is 1.38 bits per heavy atom. The van der Waals surface area contributed by atoms with Gasteiger partial charge in [-0.2, -0.15) is 5.26 Å². The monoisotopic (exact) mass is 342 g/mol. The van der Waals surface area contributed by atoms with E-state index in [9.17, 15) is 10.1 Å². The van der Waals surface area contributed by atoms with Crippen LogP contribution in [0.15, 0.2) is 40.5 Å². The SMILES string of the molecule is CCOc1ccc([C@H]2C(C#N)=C(N)Oc3[nH]c(=S)[nH]c(=O)c32)cc1. The lowest BCUT2D eigenvalue weighted by Crippen LogP contribution is -2.28. The molecule has 1 atom stereocenters. The van der Waals surface area contributed by atoms with Gasteiger partial charge in [0.05, 0.1) is 18.1 Å². The van der Waals surface area contributed by atoms with E-state index < -0.39 is 11.5 Å². The first-order valence-electron chi connectivity index (χ1n) is 7.22. The Morgan fingerprint density at radius 3 is 2.71 bits per heavy atom. The topological polar surface area (TPSA) is 117 Å². The molecular weight excluding hydrogens is 328 g/mol. The Morgan fingerprint density at radius 2 is 2.08 bits per heavy atom. The lowest BCUT2D eigenvalue weighted by atomic mass is 9.85. The van der Waals surface area contributed by atoms with E-state index in [1.807, 2.05) is 13.0 Å². The van der Waals surface area contributed by atoms with E-state index >= 15 is 0 Å². The van der Waals surface area contributed by atoms with Gasteiger partial charge in [-0.05, 0) is 36.8 Å². The van der Waals surface area contributed by atoms with Crippen LogP contribution in [0.1, 0.15) is 24.0 Å². The molecule has 24 heavy (non-hydrogen) atoms. The molecule has 1 aliphatic rings. The molecule has 0 radical (unpaired) electrons. The van der Waals surface area contributed by atoms with Gasteiger partial charge in [0.15, 0.2) is 4.77 Å². The smallest absolute Gasteiger partial charge is 0.259 e. The van der Waals surface area contributed by atoms with Crippen molar-refractivity contribution in [2.45, 2.75) is 12.8 Å². The third-order valence-electron chi connectivity index (χ3n) is 3.64. The molecule has 0 amide bonds. The highest BCUT2D eigenvalue weighted by Crippen LogP contribution is 2.39. The minimum atomic E-state index is -0.648. The van der Waals surface area contributed by atoms with Crippen molar-refractivity contribution in [2.75, 3.05) is 6.61 Å². The summed E-state index contributed by atoms with van der Waals surface area (Å²) in [5.74, 6) is 0.148. The quantitative estimate of drug-likeness (QED) is 0.735. The summed E-state index contributed by atoms with van der Waals surface area (Å²) in [4.78, 5) is 17.7. The number of aromatic nitrogens is 2. The molecule has 122 valence electrons. The lowest BCUT2D eigenvalue weighted by molar-refractivity contribution is 0.340. The third-order valence-corrected chi connectivity index (χ3v) is 3.85. The second-order valence-corrected chi connectivity index (χ2v) is 5.49. The van der Waals surface area contributed by atoms with E-state index in [2.05, 4.69) is 9.97 Å². The number of allylic oxidation sites excluding steroid dienone is 1. The summed E-state index contributed by atoms with van der Waals surface area (Å²) in [7, 11) is 0. The molecule has 0 saturated carbocycles. The van der Waals surface area contributed by atoms with E-state index in [0.29, 0.717) is 12.4 Å². The van der Waals surface area contributed by atoms with Gasteiger partial charge >= 0.3 is 0 Å². The largest absolute Gasteiger partial charge is 0.494 e. The molecule has 3 rings (SSSR count). The highest BCUT2D eigenvalue weighted by molar-refractivity contribution is 7.71. The first-order chi connectivity index (χ1) is 11.5. The molecule has 2 aromatic rings. The number of nitrogens with one attached hydrogen (secondary N) is 2. The van der Waals surface area contributed by atoms with Gasteiger partial charge in [-0.1, -0.05) is 12.1 Å². The lowest BCUT2D eigenvalue weighted by Gasteiger charge is -2.25. The van der Waals surface area contributed by atoms with Crippen LogP contribution in [0.4, 0.5) is 0 Å². The normalized spacial score (nSPS) is 16.1. The number of H-pyrrole nitrogens is 2. The molecule has 0 spiro atoms. The van der Waals surface area contributed by atoms with Crippen molar-refractivity contribution in [3.05, 3.63) is 62.0 Å². The van der Waals surface area contributed by atoms with Gasteiger partial charge < -0.3 is 20.2 Å². The zero-order valence-corrected chi connectivity index (χ0v) is 13.6. The molecule has 2 heterocycles. The molecule has 4 N–H and O–H groups in total. The first-order valence-corrected chi connectivity index (χ1v) is 7.62. The summed E-state index contributed by atoms with van der Waals surface area (Å²) in [6.45, 7) is 2.44. The van der Waals surface area contributed by atoms with Crippen LogP contribution in [-0.2, 0) is 0 Å². The molecule has 1 aromatic carbocycles. The number of nitriles is 1. The fraction of sp³-hybridized carbons (Fsp3) is 0.188. The average Bonchev–Trinajstić information content (AvgIpc) is 2.54. The number of aromatic amines is 2. The van der Waals surface area contributed by atoms with Crippen LogP contribution >= 0.6 is 12.2 Å². The van der Waals surface area contributed by atoms with Gasteiger partial charge in [0, 0.05) is 0 Å². The Bertz CT molecular complexity index is 967. The summed E-state index contributed by atoms with van der Waals surface area (Å²) in [6.07, 6.45) is 0. The van der Waals surface area contributed by atoms with Crippen molar-refractivity contribution in [1.29, 1.82) is 5.26 Å². The van der Waals surface area contributed by atoms with Crippen molar-refractivity contribution in [1.82, 2.24) is 9.97 Å². The van der Waals surface area contributed by atoms with Crippen molar-refractivity contribution >= 4 is 12.2 Å². The predicted octanol–water partition coefficient (Wildman–Crippen LogP) is 2.05. The van der Waals surface area contributed by atoms with Crippen LogP contribution < -0.4 is 20.8 Å². The van der Waals surface area contributed by atoms with Crippen LogP contribution in [0.5, 0.6) is 11.6 Å². The summed E-state index contributed by atoms with van der Waals surface area (Å²) in [5.41, 5.74) is 6.58. The van der Waals surface area contributed by atoms with Crippen LogP contribution in [0.25, 0.3) is 0 Å². The third kappa shape index (κ3) is 2.66. The Labute approximate surface area is 142 Å². The molecule has 1 aromatic heterocycles. The maximum absolute atomic E-state index is 12.4. The van der Waals surface area contributed by atoms with Crippen LogP contribution in [0.2, 0.25) is 0 Å². The summed E-state index contributed by atoms with van der Waals surface area (Å²) in [6, 6.07) is 9.16. The standard InChI is InChI=1S/C16H14N4O3S/c1-2-22-9-5-3-8(4-6-9)11-10(7-17)13(18)23-15-12(11)14(21)19-16(24)20-15/h3-6,11H,2,18H2,1H3,(H2,19,20,21,24)/t11-/m0/s1. The summed E-state index contributed by atoms with van der Waals surface area (Å²) in [5, 5.41) is 9.47. The number of hydrogen-bond acceptors (Lipinski definition) is 6. The highest BCUT2D eigenvalue weighted by atomic mass is 32.1.